The lowest BCUT2D eigenvalue weighted by Crippen LogP contribution is -2.32. The van der Waals surface area contributed by atoms with Crippen LogP contribution < -0.4 is 9.47 Å². The third kappa shape index (κ3) is 5.30. The number of hydrogen-bond donors (Lipinski definition) is 1. The van der Waals surface area contributed by atoms with Crippen LogP contribution >= 0.6 is 0 Å². The lowest BCUT2D eigenvalue weighted by atomic mass is 9.94. The minimum Gasteiger partial charge on any atom is -0.503 e. The molecule has 36 heavy (non-hydrogen) atoms. The molecule has 1 amide bonds. The number of aliphatic hydroxyl groups is 1. The largest absolute Gasteiger partial charge is 0.503 e. The van der Waals surface area contributed by atoms with Gasteiger partial charge in [-0.3, -0.25) is 9.59 Å². The smallest absolute Gasteiger partial charge is 0.290 e. The Balaban J connectivity index is 1.68. The molecule has 190 valence electrons. The number of benzene rings is 1. The molecule has 1 N–H and O–H groups in total. The fourth-order valence-electron chi connectivity index (χ4n) is 4.25. The monoisotopic (exact) mass is 493 g/mol. The number of ether oxygens (including phenoxy) is 2. The Morgan fingerprint density at radius 2 is 2.00 bits per heavy atom. The van der Waals surface area contributed by atoms with Crippen molar-refractivity contribution in [1.82, 2.24) is 14.5 Å². The van der Waals surface area contributed by atoms with E-state index in [9.17, 15) is 14.7 Å². The third-order valence-electron chi connectivity index (χ3n) is 6.01. The van der Waals surface area contributed by atoms with Crippen molar-refractivity contribution in [2.24, 2.45) is 0 Å². The lowest BCUT2D eigenvalue weighted by Gasteiger charge is -2.27. The molecule has 0 aliphatic carbocycles. The molecule has 4 rings (SSSR count). The topological polar surface area (TPSA) is 107 Å². The van der Waals surface area contributed by atoms with Gasteiger partial charge in [-0.15, -0.1) is 0 Å². The standard InChI is InChI=1S/C27H31N3O6/c1-3-5-15-35-20-10-9-19(17-22(20)34-4-2)24-23(25(31)21-8-6-16-36-21)26(32)27(33)30(24)13-7-12-29-14-11-28-18-29/h6,8-11,14,16-18,24,32H,3-5,7,12-13,15H2,1-2H3. The molecule has 1 aliphatic rings. The summed E-state index contributed by atoms with van der Waals surface area (Å²) in [6.07, 6.45) is 9.14. The van der Waals surface area contributed by atoms with Crippen LogP contribution in [0.25, 0.3) is 0 Å². The molecule has 0 bridgehead atoms. The minimum atomic E-state index is -0.804. The number of unbranched alkanes of at least 4 members (excludes halogenated alkanes) is 1. The zero-order chi connectivity index (χ0) is 25.5. The molecule has 3 heterocycles. The predicted octanol–water partition coefficient (Wildman–Crippen LogP) is 4.72. The number of amides is 1. The average Bonchev–Trinajstić information content (AvgIpc) is 3.64. The molecule has 9 nitrogen and oxygen atoms in total. The summed E-state index contributed by atoms with van der Waals surface area (Å²) in [5.74, 6) is -0.523. The van der Waals surface area contributed by atoms with Crippen molar-refractivity contribution >= 4 is 11.7 Å². The van der Waals surface area contributed by atoms with Crippen LogP contribution in [0.4, 0.5) is 0 Å². The highest BCUT2D eigenvalue weighted by molar-refractivity contribution is 6.15. The third-order valence-corrected chi connectivity index (χ3v) is 6.01. The second kappa shape index (κ2) is 11.6. The van der Waals surface area contributed by atoms with E-state index in [2.05, 4.69) is 11.9 Å². The number of carbonyl (C=O) groups excluding carboxylic acids is 2. The number of aromatic nitrogens is 2. The van der Waals surface area contributed by atoms with Crippen LogP contribution in [0.15, 0.2) is 71.1 Å². The maximum atomic E-state index is 13.3. The van der Waals surface area contributed by atoms with E-state index in [1.807, 2.05) is 17.7 Å². The molecule has 0 spiro atoms. The molecular weight excluding hydrogens is 462 g/mol. The van der Waals surface area contributed by atoms with E-state index >= 15 is 0 Å². The van der Waals surface area contributed by atoms with E-state index in [4.69, 9.17) is 13.9 Å². The van der Waals surface area contributed by atoms with Crippen LogP contribution in [0.3, 0.4) is 0 Å². The van der Waals surface area contributed by atoms with Crippen LogP contribution in [0.1, 0.15) is 55.3 Å². The van der Waals surface area contributed by atoms with Gasteiger partial charge in [0.15, 0.2) is 23.0 Å². The molecule has 1 aromatic carbocycles. The maximum Gasteiger partial charge on any atom is 0.290 e. The molecule has 0 fully saturated rings. The van der Waals surface area contributed by atoms with Crippen molar-refractivity contribution in [3.05, 3.63) is 78.0 Å². The minimum absolute atomic E-state index is 0.0142. The number of imidazole rings is 1. The van der Waals surface area contributed by atoms with Crippen LogP contribution in [0.2, 0.25) is 0 Å². The van der Waals surface area contributed by atoms with Gasteiger partial charge in [0.1, 0.15) is 0 Å². The van der Waals surface area contributed by atoms with E-state index < -0.39 is 23.5 Å². The van der Waals surface area contributed by atoms with Gasteiger partial charge in [0.25, 0.3) is 5.91 Å². The first-order chi connectivity index (χ1) is 17.5. The number of ketones is 1. The van der Waals surface area contributed by atoms with E-state index in [1.54, 1.807) is 36.8 Å². The number of aliphatic hydroxyl groups excluding tert-OH is 1. The number of hydrogen-bond acceptors (Lipinski definition) is 7. The van der Waals surface area contributed by atoms with Gasteiger partial charge >= 0.3 is 0 Å². The zero-order valence-electron chi connectivity index (χ0n) is 20.6. The molecule has 1 aliphatic heterocycles. The maximum absolute atomic E-state index is 13.3. The van der Waals surface area contributed by atoms with Crippen molar-refractivity contribution < 1.29 is 28.6 Å². The van der Waals surface area contributed by atoms with Gasteiger partial charge in [-0.05, 0) is 49.6 Å². The Kier molecular flexibility index (Phi) is 8.10. The summed E-state index contributed by atoms with van der Waals surface area (Å²) in [6, 6.07) is 7.67. The molecule has 1 atom stereocenters. The molecule has 0 saturated carbocycles. The second-order valence-corrected chi connectivity index (χ2v) is 8.47. The van der Waals surface area contributed by atoms with Crippen LogP contribution in [-0.4, -0.2) is 51.0 Å². The average molecular weight is 494 g/mol. The zero-order valence-corrected chi connectivity index (χ0v) is 20.6. The highest BCUT2D eigenvalue weighted by Crippen LogP contribution is 2.42. The number of Topliss-reactive ketones (excluding diaryl/α,β-unsaturated/α-hetero) is 1. The molecular formula is C27H31N3O6. The molecule has 3 aromatic rings. The van der Waals surface area contributed by atoms with Crippen LogP contribution in [0.5, 0.6) is 11.5 Å². The van der Waals surface area contributed by atoms with Gasteiger partial charge in [0.2, 0.25) is 5.78 Å². The van der Waals surface area contributed by atoms with Gasteiger partial charge in [0.05, 0.1) is 37.4 Å². The van der Waals surface area contributed by atoms with E-state index in [0.29, 0.717) is 49.8 Å². The molecule has 1 unspecified atom stereocenters. The second-order valence-electron chi connectivity index (χ2n) is 8.47. The normalized spacial score (nSPS) is 15.6. The molecule has 0 radical (unpaired) electrons. The fourth-order valence-corrected chi connectivity index (χ4v) is 4.25. The Bertz CT molecular complexity index is 1200. The SMILES string of the molecule is CCCCOc1ccc(C2C(C(=O)c3ccco3)=C(O)C(=O)N2CCCn2ccnc2)cc1OCC. The van der Waals surface area contributed by atoms with E-state index in [1.165, 1.54) is 17.2 Å². The van der Waals surface area contributed by atoms with Crippen molar-refractivity contribution in [3.8, 4) is 11.5 Å². The number of carbonyl (C=O) groups is 2. The summed E-state index contributed by atoms with van der Waals surface area (Å²) in [6.45, 7) is 5.89. The predicted molar refractivity (Wildman–Crippen MR) is 132 cm³/mol. The Morgan fingerprint density at radius 1 is 1.14 bits per heavy atom. The van der Waals surface area contributed by atoms with Crippen molar-refractivity contribution in [2.45, 2.75) is 45.7 Å². The van der Waals surface area contributed by atoms with E-state index in [0.717, 1.165) is 12.8 Å². The van der Waals surface area contributed by atoms with Gasteiger partial charge in [0, 0.05) is 25.5 Å². The summed E-state index contributed by atoms with van der Waals surface area (Å²) in [5, 5.41) is 10.8. The summed E-state index contributed by atoms with van der Waals surface area (Å²) in [5.41, 5.74) is 0.621. The first kappa shape index (κ1) is 25.1. The van der Waals surface area contributed by atoms with Gasteiger partial charge in [-0.25, -0.2) is 4.98 Å². The first-order valence-electron chi connectivity index (χ1n) is 12.2. The number of furan rings is 1. The Hall–Kier alpha value is -4.01. The lowest BCUT2D eigenvalue weighted by molar-refractivity contribution is -0.129. The summed E-state index contributed by atoms with van der Waals surface area (Å²) < 4.78 is 18.9. The Morgan fingerprint density at radius 3 is 2.69 bits per heavy atom. The number of aryl methyl sites for hydroxylation is 1. The molecule has 0 saturated heterocycles. The van der Waals surface area contributed by atoms with Gasteiger partial charge in [-0.2, -0.15) is 0 Å². The quantitative estimate of drug-likeness (QED) is 0.271. The highest BCUT2D eigenvalue weighted by atomic mass is 16.5. The van der Waals surface area contributed by atoms with Crippen molar-refractivity contribution in [1.29, 1.82) is 0 Å². The number of nitrogens with zero attached hydrogens (tertiary/aromatic N) is 3. The summed E-state index contributed by atoms with van der Waals surface area (Å²) in [7, 11) is 0. The fraction of sp³-hybridized carbons (Fsp3) is 0.370. The van der Waals surface area contributed by atoms with Crippen molar-refractivity contribution in [2.75, 3.05) is 19.8 Å². The van der Waals surface area contributed by atoms with Gasteiger partial charge in [-0.1, -0.05) is 19.4 Å². The van der Waals surface area contributed by atoms with Crippen LogP contribution in [0, 0.1) is 0 Å². The number of rotatable bonds is 13. The Labute approximate surface area is 209 Å². The van der Waals surface area contributed by atoms with Crippen LogP contribution in [-0.2, 0) is 11.3 Å². The highest BCUT2D eigenvalue weighted by Gasteiger charge is 2.44. The first-order valence-corrected chi connectivity index (χ1v) is 12.2. The summed E-state index contributed by atoms with van der Waals surface area (Å²) >= 11 is 0. The molecule has 9 heteroatoms. The molecule has 2 aromatic heterocycles. The van der Waals surface area contributed by atoms with E-state index in [-0.39, 0.29) is 11.3 Å². The van der Waals surface area contributed by atoms with Gasteiger partial charge < -0.3 is 28.5 Å². The summed E-state index contributed by atoms with van der Waals surface area (Å²) in [4.78, 5) is 32.1. The van der Waals surface area contributed by atoms with Crippen molar-refractivity contribution in [3.63, 3.8) is 0 Å².